The van der Waals surface area contributed by atoms with Crippen molar-refractivity contribution in [2.45, 2.75) is 193 Å². The fourth-order valence-electron chi connectivity index (χ4n) is 6.01. The second kappa shape index (κ2) is 31.0. The molecular formula is C41H78NO9P. The number of phosphoric ester groups is 1. The largest absolute Gasteiger partial charge is 0.756 e. The highest BCUT2D eigenvalue weighted by atomic mass is 31.2. The Morgan fingerprint density at radius 2 is 1.23 bits per heavy atom. The third kappa shape index (κ3) is 31.1. The van der Waals surface area contributed by atoms with E-state index in [1.54, 1.807) is 0 Å². The zero-order valence-electron chi connectivity index (χ0n) is 34.0. The molecule has 0 N–H and O–H groups in total. The fraction of sp³-hybridized carbons (Fsp3) is 0.902. The van der Waals surface area contributed by atoms with Crippen LogP contribution in [0.15, 0.2) is 12.2 Å². The summed E-state index contributed by atoms with van der Waals surface area (Å²) in [6.45, 7) is 4.17. The first-order valence-corrected chi connectivity index (χ1v) is 22.5. The van der Waals surface area contributed by atoms with E-state index in [4.69, 9.17) is 23.3 Å². The molecular weight excluding hydrogens is 681 g/mol. The molecule has 3 unspecified atom stereocenters. The molecule has 1 saturated heterocycles. The van der Waals surface area contributed by atoms with Gasteiger partial charge in [-0.25, -0.2) is 0 Å². The number of phosphoric acid groups is 1. The Morgan fingerprint density at radius 3 is 1.83 bits per heavy atom. The van der Waals surface area contributed by atoms with Gasteiger partial charge >= 0.3 is 11.9 Å². The van der Waals surface area contributed by atoms with Gasteiger partial charge in [0.2, 0.25) is 0 Å². The number of unbranched alkanes of at least 4 members (excludes halogenated alkanes) is 18. The van der Waals surface area contributed by atoms with E-state index in [-0.39, 0.29) is 26.1 Å². The third-order valence-electron chi connectivity index (χ3n) is 9.46. The first kappa shape index (κ1) is 48.7. The Hall–Kier alpha value is -1.29. The van der Waals surface area contributed by atoms with E-state index in [1.165, 1.54) is 77.0 Å². The van der Waals surface area contributed by atoms with E-state index >= 15 is 0 Å². The van der Waals surface area contributed by atoms with Gasteiger partial charge in [-0.3, -0.25) is 14.2 Å². The fourth-order valence-corrected chi connectivity index (χ4v) is 6.74. The van der Waals surface area contributed by atoms with Crippen molar-refractivity contribution in [1.29, 1.82) is 0 Å². The molecule has 0 saturated carbocycles. The van der Waals surface area contributed by atoms with Gasteiger partial charge in [0.1, 0.15) is 19.8 Å². The van der Waals surface area contributed by atoms with Crippen molar-refractivity contribution >= 4 is 19.8 Å². The SMILES string of the molecule is CCCCCCCCCCCCCCC(=O)O[C@H](COC(=O)CCCCCCC/C=C\CC1OC1CCCCC)COP(=O)([O-])OCC[N+](C)(C)C. The summed E-state index contributed by atoms with van der Waals surface area (Å²) >= 11 is 0. The molecule has 4 atom stereocenters. The molecule has 306 valence electrons. The van der Waals surface area contributed by atoms with Crippen LogP contribution in [0.3, 0.4) is 0 Å². The summed E-state index contributed by atoms with van der Waals surface area (Å²) in [5.74, 6) is -0.851. The molecule has 0 aliphatic carbocycles. The highest BCUT2D eigenvalue weighted by molar-refractivity contribution is 7.45. The van der Waals surface area contributed by atoms with E-state index in [2.05, 4.69) is 26.0 Å². The maximum atomic E-state index is 12.6. The number of hydrogen-bond donors (Lipinski definition) is 0. The third-order valence-corrected chi connectivity index (χ3v) is 10.4. The molecule has 1 rings (SSSR count). The number of carbonyl (C=O) groups excluding carboxylic acids is 2. The predicted molar refractivity (Wildman–Crippen MR) is 208 cm³/mol. The van der Waals surface area contributed by atoms with Crippen molar-refractivity contribution in [2.24, 2.45) is 0 Å². The summed E-state index contributed by atoms with van der Waals surface area (Å²) in [4.78, 5) is 37.4. The number of hydrogen-bond acceptors (Lipinski definition) is 9. The monoisotopic (exact) mass is 760 g/mol. The Morgan fingerprint density at radius 1 is 0.692 bits per heavy atom. The lowest BCUT2D eigenvalue weighted by molar-refractivity contribution is -0.870. The van der Waals surface area contributed by atoms with Gasteiger partial charge < -0.3 is 32.6 Å². The summed E-state index contributed by atoms with van der Waals surface area (Å²) in [6, 6.07) is 0. The Balaban J connectivity index is 2.29. The van der Waals surface area contributed by atoms with E-state index in [9.17, 15) is 19.0 Å². The number of quaternary nitrogens is 1. The number of esters is 2. The van der Waals surface area contributed by atoms with Crippen LogP contribution in [-0.2, 0) is 37.4 Å². The molecule has 0 amide bonds. The van der Waals surface area contributed by atoms with Crippen LogP contribution in [0.25, 0.3) is 0 Å². The standard InChI is InChI=1S/C41H78NO9P/c1-6-8-10-11-12-13-14-15-16-21-24-28-32-41(44)50-37(36-49-52(45,46)48-34-33-42(3,4)5)35-47-40(43)31-27-23-20-18-17-19-22-26-30-39-38(51-39)29-25-9-7-2/h22,26,37-39H,6-21,23-25,27-36H2,1-5H3/b26-22-/t37-,38?,39?/m1/s1. The number of rotatable bonds is 37. The van der Waals surface area contributed by atoms with Crippen LogP contribution in [0.5, 0.6) is 0 Å². The molecule has 0 aromatic rings. The summed E-state index contributed by atoms with van der Waals surface area (Å²) < 4.78 is 39.6. The van der Waals surface area contributed by atoms with Gasteiger partial charge in [0, 0.05) is 12.8 Å². The zero-order chi connectivity index (χ0) is 38.3. The Labute approximate surface area is 318 Å². The summed E-state index contributed by atoms with van der Waals surface area (Å²) in [7, 11) is 1.16. The molecule has 0 aromatic carbocycles. The minimum Gasteiger partial charge on any atom is -0.756 e. The van der Waals surface area contributed by atoms with E-state index in [0.717, 1.165) is 57.8 Å². The minimum atomic E-state index is -4.62. The summed E-state index contributed by atoms with van der Waals surface area (Å²) in [5.41, 5.74) is 0. The quantitative estimate of drug-likeness (QED) is 0.0152. The molecule has 10 nitrogen and oxygen atoms in total. The first-order chi connectivity index (χ1) is 25.0. The molecule has 0 aromatic heterocycles. The van der Waals surface area contributed by atoms with Gasteiger partial charge in [0.05, 0.1) is 40.0 Å². The van der Waals surface area contributed by atoms with Crippen molar-refractivity contribution < 1.29 is 46.8 Å². The maximum absolute atomic E-state index is 12.6. The van der Waals surface area contributed by atoms with Crippen LogP contribution >= 0.6 is 7.82 Å². The molecule has 1 fully saturated rings. The molecule has 1 aliphatic rings. The lowest BCUT2D eigenvalue weighted by Crippen LogP contribution is -2.37. The normalized spacial score (nSPS) is 17.7. The first-order valence-electron chi connectivity index (χ1n) is 21.0. The van der Waals surface area contributed by atoms with Crippen LogP contribution in [0.4, 0.5) is 0 Å². The van der Waals surface area contributed by atoms with Crippen molar-refractivity contribution in [3.8, 4) is 0 Å². The van der Waals surface area contributed by atoms with Crippen LogP contribution < -0.4 is 4.89 Å². The highest BCUT2D eigenvalue weighted by Crippen LogP contribution is 2.38. The second-order valence-electron chi connectivity index (χ2n) is 15.7. The number of carbonyl (C=O) groups is 2. The van der Waals surface area contributed by atoms with Gasteiger partial charge in [-0.05, 0) is 38.5 Å². The van der Waals surface area contributed by atoms with Crippen LogP contribution in [-0.4, -0.2) is 82.2 Å². The topological polar surface area (TPSA) is 124 Å². The van der Waals surface area contributed by atoms with Crippen LogP contribution in [0.2, 0.25) is 0 Å². The van der Waals surface area contributed by atoms with E-state index in [0.29, 0.717) is 36.1 Å². The van der Waals surface area contributed by atoms with Crippen molar-refractivity contribution in [2.75, 3.05) is 47.5 Å². The Kier molecular flexibility index (Phi) is 29.0. The van der Waals surface area contributed by atoms with Crippen molar-refractivity contribution in [3.05, 3.63) is 12.2 Å². The molecule has 11 heteroatoms. The number of allylic oxidation sites excluding steroid dienone is 1. The van der Waals surface area contributed by atoms with Gasteiger partial charge in [0.15, 0.2) is 6.10 Å². The molecule has 1 heterocycles. The molecule has 1 aliphatic heterocycles. The van der Waals surface area contributed by atoms with Crippen LogP contribution in [0, 0.1) is 0 Å². The lowest BCUT2D eigenvalue weighted by atomic mass is 10.0. The maximum Gasteiger partial charge on any atom is 0.306 e. The highest BCUT2D eigenvalue weighted by Gasteiger charge is 2.36. The lowest BCUT2D eigenvalue weighted by Gasteiger charge is -2.28. The van der Waals surface area contributed by atoms with Gasteiger partial charge in [-0.2, -0.15) is 0 Å². The molecule has 0 spiro atoms. The number of nitrogens with zero attached hydrogens (tertiary/aromatic N) is 1. The average molecular weight is 760 g/mol. The smallest absolute Gasteiger partial charge is 0.306 e. The molecule has 0 bridgehead atoms. The zero-order valence-corrected chi connectivity index (χ0v) is 34.9. The van der Waals surface area contributed by atoms with E-state index < -0.39 is 32.5 Å². The van der Waals surface area contributed by atoms with Gasteiger partial charge in [-0.1, -0.05) is 135 Å². The predicted octanol–water partition coefficient (Wildman–Crippen LogP) is 9.77. The average Bonchev–Trinajstić information content (AvgIpc) is 3.84. The van der Waals surface area contributed by atoms with Crippen molar-refractivity contribution in [1.82, 2.24) is 0 Å². The van der Waals surface area contributed by atoms with Gasteiger partial charge in [0.25, 0.3) is 7.82 Å². The van der Waals surface area contributed by atoms with Gasteiger partial charge in [-0.15, -0.1) is 0 Å². The summed E-state index contributed by atoms with van der Waals surface area (Å²) in [6.07, 6.45) is 31.2. The van der Waals surface area contributed by atoms with E-state index in [1.807, 2.05) is 21.1 Å². The van der Waals surface area contributed by atoms with Crippen LogP contribution in [0.1, 0.15) is 174 Å². The number of ether oxygens (including phenoxy) is 3. The van der Waals surface area contributed by atoms with Crippen molar-refractivity contribution in [3.63, 3.8) is 0 Å². The Bertz CT molecular complexity index is 970. The molecule has 0 radical (unpaired) electrons. The number of likely N-dealkylation sites (N-methyl/N-ethyl adjacent to an activating group) is 1. The second-order valence-corrected chi connectivity index (χ2v) is 17.2. The minimum absolute atomic E-state index is 0.0329. The molecule has 52 heavy (non-hydrogen) atoms. The summed E-state index contributed by atoms with van der Waals surface area (Å²) in [5, 5.41) is 0. The number of epoxide rings is 1.